The zero-order chi connectivity index (χ0) is 19.1. The molecule has 0 radical (unpaired) electrons. The minimum absolute atomic E-state index is 0.00961. The lowest BCUT2D eigenvalue weighted by molar-refractivity contribution is -0.112. The van der Waals surface area contributed by atoms with E-state index in [1.165, 1.54) is 13.2 Å². The number of aryl methyl sites for hydroxylation is 1. The van der Waals surface area contributed by atoms with E-state index in [1.54, 1.807) is 18.2 Å². The number of nitrogens with one attached hydrogen (secondary N) is 1. The number of hydrogen-bond acceptors (Lipinski definition) is 4. The van der Waals surface area contributed by atoms with Crippen LogP contribution in [0.25, 0.3) is 6.08 Å². The van der Waals surface area contributed by atoms with Crippen LogP contribution in [0.5, 0.6) is 11.5 Å². The molecular formula is C20H19BrN2O3. The Kier molecular flexibility index (Phi) is 6.81. The van der Waals surface area contributed by atoms with Crippen LogP contribution in [-0.2, 0) is 4.79 Å². The standard InChI is InChI=1S/C20H19BrN2O3/c1-4-26-19-17(21)10-14(11-18(19)25-3)9-15(12-22)20(24)23-16-7-5-6-13(2)8-16/h5-11H,4H2,1-3H3,(H,23,24)/b15-9-. The average Bonchev–Trinajstić information content (AvgIpc) is 2.61. The predicted molar refractivity (Wildman–Crippen MR) is 105 cm³/mol. The first-order valence-electron chi connectivity index (χ1n) is 7.98. The van der Waals surface area contributed by atoms with Crippen molar-refractivity contribution < 1.29 is 14.3 Å². The summed E-state index contributed by atoms with van der Waals surface area (Å²) in [5.74, 6) is 0.626. The summed E-state index contributed by atoms with van der Waals surface area (Å²) in [6.07, 6.45) is 1.51. The number of halogens is 1. The molecule has 0 bridgehead atoms. The fourth-order valence-electron chi connectivity index (χ4n) is 2.34. The normalized spacial score (nSPS) is 10.8. The number of hydrogen-bond donors (Lipinski definition) is 1. The second kappa shape index (κ2) is 9.07. The highest BCUT2D eigenvalue weighted by molar-refractivity contribution is 9.10. The smallest absolute Gasteiger partial charge is 0.266 e. The number of ether oxygens (including phenoxy) is 2. The summed E-state index contributed by atoms with van der Waals surface area (Å²) in [5.41, 5.74) is 2.30. The molecule has 1 N–H and O–H groups in total. The van der Waals surface area contributed by atoms with E-state index in [4.69, 9.17) is 9.47 Å². The molecule has 0 heterocycles. The van der Waals surface area contributed by atoms with E-state index >= 15 is 0 Å². The lowest BCUT2D eigenvalue weighted by Gasteiger charge is -2.12. The fourth-order valence-corrected chi connectivity index (χ4v) is 2.92. The summed E-state index contributed by atoms with van der Waals surface area (Å²) >= 11 is 3.43. The molecule has 0 saturated carbocycles. The average molecular weight is 415 g/mol. The molecule has 0 aromatic heterocycles. The Hall–Kier alpha value is -2.78. The molecule has 2 rings (SSSR count). The number of amides is 1. The van der Waals surface area contributed by atoms with Crippen molar-refractivity contribution in [2.24, 2.45) is 0 Å². The molecule has 0 spiro atoms. The first kappa shape index (κ1) is 19.5. The Bertz CT molecular complexity index is 885. The van der Waals surface area contributed by atoms with Crippen molar-refractivity contribution in [1.82, 2.24) is 0 Å². The summed E-state index contributed by atoms with van der Waals surface area (Å²) in [6.45, 7) is 4.30. The van der Waals surface area contributed by atoms with Crippen LogP contribution in [0.4, 0.5) is 5.69 Å². The van der Waals surface area contributed by atoms with Crippen LogP contribution in [0.3, 0.4) is 0 Å². The van der Waals surface area contributed by atoms with E-state index in [9.17, 15) is 10.1 Å². The van der Waals surface area contributed by atoms with Crippen molar-refractivity contribution in [3.05, 3.63) is 57.6 Å². The predicted octanol–water partition coefficient (Wildman–Crippen LogP) is 4.71. The minimum Gasteiger partial charge on any atom is -0.493 e. The summed E-state index contributed by atoms with van der Waals surface area (Å²) in [6, 6.07) is 12.8. The third-order valence-electron chi connectivity index (χ3n) is 3.49. The Morgan fingerprint density at radius 1 is 1.35 bits per heavy atom. The van der Waals surface area contributed by atoms with Crippen molar-refractivity contribution in [2.75, 3.05) is 19.0 Å². The zero-order valence-corrected chi connectivity index (χ0v) is 16.4. The lowest BCUT2D eigenvalue weighted by atomic mass is 10.1. The van der Waals surface area contributed by atoms with Gasteiger partial charge in [-0.15, -0.1) is 0 Å². The highest BCUT2D eigenvalue weighted by atomic mass is 79.9. The van der Waals surface area contributed by atoms with Gasteiger partial charge in [0.2, 0.25) is 0 Å². The minimum atomic E-state index is -0.470. The summed E-state index contributed by atoms with van der Waals surface area (Å²) in [5, 5.41) is 12.1. The highest BCUT2D eigenvalue weighted by Gasteiger charge is 2.13. The van der Waals surface area contributed by atoms with Gasteiger partial charge in [-0.3, -0.25) is 4.79 Å². The van der Waals surface area contributed by atoms with Gasteiger partial charge in [0, 0.05) is 5.69 Å². The molecule has 0 aliphatic heterocycles. The number of carbonyl (C=O) groups excluding carboxylic acids is 1. The van der Waals surface area contributed by atoms with Crippen LogP contribution in [0, 0.1) is 18.3 Å². The molecule has 0 aliphatic carbocycles. The quantitative estimate of drug-likeness (QED) is 0.548. The van der Waals surface area contributed by atoms with Crippen LogP contribution in [-0.4, -0.2) is 19.6 Å². The van der Waals surface area contributed by atoms with Crippen LogP contribution in [0.15, 0.2) is 46.4 Å². The van der Waals surface area contributed by atoms with Crippen molar-refractivity contribution >= 4 is 33.6 Å². The molecule has 134 valence electrons. The van der Waals surface area contributed by atoms with Crippen molar-refractivity contribution in [3.63, 3.8) is 0 Å². The molecule has 2 aromatic carbocycles. The molecule has 0 unspecified atom stereocenters. The monoisotopic (exact) mass is 414 g/mol. The second-order valence-corrected chi connectivity index (χ2v) is 6.31. The van der Waals surface area contributed by atoms with Gasteiger partial charge in [-0.05, 0) is 71.2 Å². The number of rotatable bonds is 6. The van der Waals surface area contributed by atoms with Crippen LogP contribution in [0.2, 0.25) is 0 Å². The van der Waals surface area contributed by atoms with Gasteiger partial charge < -0.3 is 14.8 Å². The molecule has 26 heavy (non-hydrogen) atoms. The molecule has 0 fully saturated rings. The third-order valence-corrected chi connectivity index (χ3v) is 4.08. The molecule has 2 aromatic rings. The maximum absolute atomic E-state index is 12.4. The van der Waals surface area contributed by atoms with Crippen molar-refractivity contribution in [3.8, 4) is 17.6 Å². The third kappa shape index (κ3) is 4.87. The van der Waals surface area contributed by atoms with E-state index in [0.717, 1.165) is 5.56 Å². The number of benzene rings is 2. The van der Waals surface area contributed by atoms with E-state index in [-0.39, 0.29) is 5.57 Å². The number of methoxy groups -OCH3 is 1. The van der Waals surface area contributed by atoms with E-state index in [2.05, 4.69) is 21.2 Å². The number of anilines is 1. The first-order chi connectivity index (χ1) is 12.5. The Morgan fingerprint density at radius 2 is 2.12 bits per heavy atom. The van der Waals surface area contributed by atoms with Crippen LogP contribution >= 0.6 is 15.9 Å². The summed E-state index contributed by atoms with van der Waals surface area (Å²) < 4.78 is 11.6. The molecular weight excluding hydrogens is 396 g/mol. The van der Waals surface area contributed by atoms with Gasteiger partial charge in [-0.25, -0.2) is 0 Å². The maximum Gasteiger partial charge on any atom is 0.266 e. The Morgan fingerprint density at radius 3 is 2.73 bits per heavy atom. The maximum atomic E-state index is 12.4. The SMILES string of the molecule is CCOc1c(Br)cc(/C=C(/C#N)C(=O)Nc2cccc(C)c2)cc1OC. The molecule has 0 atom stereocenters. The summed E-state index contributed by atoms with van der Waals surface area (Å²) in [4.78, 5) is 12.4. The second-order valence-electron chi connectivity index (χ2n) is 5.46. The number of carbonyl (C=O) groups is 1. The van der Waals surface area contributed by atoms with E-state index < -0.39 is 5.91 Å². The van der Waals surface area contributed by atoms with Crippen LogP contribution < -0.4 is 14.8 Å². The van der Waals surface area contributed by atoms with Gasteiger partial charge >= 0.3 is 0 Å². The highest BCUT2D eigenvalue weighted by Crippen LogP contribution is 2.37. The topological polar surface area (TPSA) is 71.3 Å². The number of nitrogens with zero attached hydrogens (tertiary/aromatic N) is 1. The van der Waals surface area contributed by atoms with Gasteiger partial charge in [0.25, 0.3) is 5.91 Å². The first-order valence-corrected chi connectivity index (χ1v) is 8.78. The largest absolute Gasteiger partial charge is 0.493 e. The van der Waals surface area contributed by atoms with Crippen molar-refractivity contribution in [1.29, 1.82) is 5.26 Å². The van der Waals surface area contributed by atoms with Crippen LogP contribution in [0.1, 0.15) is 18.1 Å². The molecule has 0 saturated heterocycles. The molecule has 1 amide bonds. The summed E-state index contributed by atoms with van der Waals surface area (Å²) in [7, 11) is 1.54. The molecule has 0 aliphatic rings. The Labute approximate surface area is 161 Å². The lowest BCUT2D eigenvalue weighted by Crippen LogP contribution is -2.13. The van der Waals surface area contributed by atoms with Crippen molar-refractivity contribution in [2.45, 2.75) is 13.8 Å². The van der Waals surface area contributed by atoms with E-state index in [0.29, 0.717) is 33.8 Å². The van der Waals surface area contributed by atoms with Gasteiger partial charge in [-0.2, -0.15) is 5.26 Å². The fraction of sp³-hybridized carbons (Fsp3) is 0.200. The van der Waals surface area contributed by atoms with Gasteiger partial charge in [-0.1, -0.05) is 12.1 Å². The Balaban J connectivity index is 2.32. The van der Waals surface area contributed by atoms with Gasteiger partial charge in [0.15, 0.2) is 11.5 Å². The molecule has 6 heteroatoms. The molecule has 5 nitrogen and oxygen atoms in total. The van der Waals surface area contributed by atoms with E-state index in [1.807, 2.05) is 38.1 Å². The zero-order valence-electron chi connectivity index (χ0n) is 14.8. The number of nitriles is 1. The van der Waals surface area contributed by atoms with Gasteiger partial charge in [0.05, 0.1) is 18.2 Å². The van der Waals surface area contributed by atoms with Gasteiger partial charge in [0.1, 0.15) is 11.6 Å².